The summed E-state index contributed by atoms with van der Waals surface area (Å²) in [5, 5.41) is 2.13. The lowest BCUT2D eigenvalue weighted by atomic mass is 9.88. The molecule has 1 aromatic rings. The minimum Gasteiger partial charge on any atom is -0.326 e. The highest BCUT2D eigenvalue weighted by molar-refractivity contribution is 9.10. The van der Waals surface area contributed by atoms with Gasteiger partial charge in [0, 0.05) is 26.3 Å². The van der Waals surface area contributed by atoms with Crippen molar-refractivity contribution in [2.24, 2.45) is 5.73 Å². The van der Waals surface area contributed by atoms with Crippen LogP contribution in [0.25, 0.3) is 0 Å². The second-order valence-corrected chi connectivity index (χ2v) is 7.65. The summed E-state index contributed by atoms with van der Waals surface area (Å²) in [7, 11) is 0. The van der Waals surface area contributed by atoms with Gasteiger partial charge in [0.05, 0.1) is 0 Å². The quantitative estimate of drug-likeness (QED) is 0.913. The van der Waals surface area contributed by atoms with Crippen molar-refractivity contribution in [1.29, 1.82) is 0 Å². The number of likely N-dealkylation sites (tertiary alicyclic amines) is 1. The molecule has 2 N–H and O–H groups in total. The van der Waals surface area contributed by atoms with E-state index in [0.717, 1.165) is 6.42 Å². The van der Waals surface area contributed by atoms with Crippen molar-refractivity contribution in [3.63, 3.8) is 0 Å². The van der Waals surface area contributed by atoms with Crippen LogP contribution in [0.3, 0.4) is 0 Å². The van der Waals surface area contributed by atoms with Crippen LogP contribution in [-0.4, -0.2) is 29.6 Å². The molecule has 0 saturated carbocycles. The molecule has 1 aliphatic rings. The molecule has 0 aliphatic carbocycles. The van der Waals surface area contributed by atoms with E-state index >= 15 is 0 Å². The molecule has 1 saturated heterocycles. The van der Waals surface area contributed by atoms with Crippen LogP contribution in [0, 0.1) is 0 Å². The molecule has 1 aliphatic heterocycles. The van der Waals surface area contributed by atoms with Crippen molar-refractivity contribution in [1.82, 2.24) is 4.90 Å². The van der Waals surface area contributed by atoms with E-state index < -0.39 is 0 Å². The first-order valence-electron chi connectivity index (χ1n) is 6.73. The van der Waals surface area contributed by atoms with E-state index in [-0.39, 0.29) is 11.6 Å². The van der Waals surface area contributed by atoms with Crippen LogP contribution in [0.5, 0.6) is 0 Å². The minimum absolute atomic E-state index is 0.0941. The summed E-state index contributed by atoms with van der Waals surface area (Å²) < 4.78 is 1.17. The summed E-state index contributed by atoms with van der Waals surface area (Å²) >= 11 is 5.30. The Morgan fingerprint density at radius 3 is 2.61 bits per heavy atom. The van der Waals surface area contributed by atoms with E-state index in [1.165, 1.54) is 41.7 Å². The summed E-state index contributed by atoms with van der Waals surface area (Å²) in [6, 6.07) is 2.39. The summed E-state index contributed by atoms with van der Waals surface area (Å²) in [5.74, 6) is 0. The average Bonchev–Trinajstić information content (AvgIpc) is 2.76. The van der Waals surface area contributed by atoms with E-state index in [1.807, 2.05) is 0 Å². The Hall–Kier alpha value is 0.1000. The van der Waals surface area contributed by atoms with Crippen LogP contribution < -0.4 is 5.73 Å². The van der Waals surface area contributed by atoms with Gasteiger partial charge in [0.1, 0.15) is 0 Å². The number of nitrogens with two attached hydrogens (primary N) is 1. The lowest BCUT2D eigenvalue weighted by Gasteiger charge is -2.44. The Morgan fingerprint density at radius 2 is 2.06 bits per heavy atom. The molecule has 0 spiro atoms. The van der Waals surface area contributed by atoms with Crippen molar-refractivity contribution in [3.05, 3.63) is 20.8 Å². The Kier molecular flexibility index (Phi) is 4.86. The summed E-state index contributed by atoms with van der Waals surface area (Å²) in [6.45, 7) is 7.00. The third-order valence-electron chi connectivity index (χ3n) is 4.12. The fourth-order valence-electron chi connectivity index (χ4n) is 2.63. The van der Waals surface area contributed by atoms with Crippen molar-refractivity contribution >= 4 is 27.3 Å². The number of halogens is 1. The van der Waals surface area contributed by atoms with Gasteiger partial charge in [-0.15, -0.1) is 11.3 Å². The summed E-state index contributed by atoms with van der Waals surface area (Å²) in [6.07, 6.45) is 4.99. The lowest BCUT2D eigenvalue weighted by Crippen LogP contribution is -2.58. The molecule has 18 heavy (non-hydrogen) atoms. The first-order chi connectivity index (χ1) is 8.50. The predicted molar refractivity (Wildman–Crippen MR) is 83.2 cm³/mol. The highest BCUT2D eigenvalue weighted by Crippen LogP contribution is 2.27. The number of hydrogen-bond acceptors (Lipinski definition) is 3. The Morgan fingerprint density at radius 1 is 1.39 bits per heavy atom. The number of thiophene rings is 1. The maximum Gasteiger partial charge on any atom is 0.0307 e. The van der Waals surface area contributed by atoms with Gasteiger partial charge in [0.2, 0.25) is 0 Å². The fraction of sp³-hybridized carbons (Fsp3) is 0.714. The molecule has 2 heterocycles. The maximum atomic E-state index is 6.47. The van der Waals surface area contributed by atoms with Gasteiger partial charge < -0.3 is 5.73 Å². The second-order valence-electron chi connectivity index (χ2n) is 5.74. The smallest absolute Gasteiger partial charge is 0.0307 e. The molecule has 1 fully saturated rings. The highest BCUT2D eigenvalue weighted by atomic mass is 79.9. The monoisotopic (exact) mass is 330 g/mol. The topological polar surface area (TPSA) is 29.3 Å². The van der Waals surface area contributed by atoms with E-state index in [9.17, 15) is 0 Å². The van der Waals surface area contributed by atoms with E-state index in [0.29, 0.717) is 0 Å². The van der Waals surface area contributed by atoms with Crippen LogP contribution in [0.2, 0.25) is 0 Å². The normalized spacial score (nSPS) is 20.0. The standard InChI is InChI=1S/C14H23BrN2S/c1-14(2,17-6-4-3-5-7-17)13(16)9-12-8-11(15)10-18-12/h8,10,13H,3-7,9,16H2,1-2H3. The first kappa shape index (κ1) is 14.5. The Bertz CT molecular complexity index is 383. The van der Waals surface area contributed by atoms with Crippen LogP contribution in [0.4, 0.5) is 0 Å². The van der Waals surface area contributed by atoms with Gasteiger partial charge in [-0.2, -0.15) is 0 Å². The van der Waals surface area contributed by atoms with Gasteiger partial charge in [-0.1, -0.05) is 6.42 Å². The minimum atomic E-state index is 0.0941. The molecule has 1 unspecified atom stereocenters. The van der Waals surface area contributed by atoms with Crippen molar-refractivity contribution in [2.45, 2.75) is 51.1 Å². The molecule has 0 amide bonds. The van der Waals surface area contributed by atoms with Crippen molar-refractivity contribution in [3.8, 4) is 0 Å². The van der Waals surface area contributed by atoms with Gasteiger partial charge in [0.15, 0.2) is 0 Å². The molecule has 0 bridgehead atoms. The third kappa shape index (κ3) is 3.35. The third-order valence-corrected chi connectivity index (χ3v) is 5.84. The van der Waals surface area contributed by atoms with Crippen LogP contribution in [0.1, 0.15) is 38.0 Å². The van der Waals surface area contributed by atoms with Crippen LogP contribution in [0.15, 0.2) is 15.9 Å². The lowest BCUT2D eigenvalue weighted by molar-refractivity contribution is 0.0733. The number of rotatable bonds is 4. The molecule has 1 atom stereocenters. The molecule has 0 radical (unpaired) electrons. The zero-order chi connectivity index (χ0) is 13.2. The Balaban J connectivity index is 1.99. The number of piperidine rings is 1. The van der Waals surface area contributed by atoms with Crippen molar-refractivity contribution in [2.75, 3.05) is 13.1 Å². The van der Waals surface area contributed by atoms with Crippen LogP contribution in [-0.2, 0) is 6.42 Å². The van der Waals surface area contributed by atoms with Crippen molar-refractivity contribution < 1.29 is 0 Å². The Labute approximate surface area is 123 Å². The van der Waals surface area contributed by atoms with Gasteiger partial charge in [-0.25, -0.2) is 0 Å². The number of nitrogens with zero attached hydrogens (tertiary/aromatic N) is 1. The maximum absolute atomic E-state index is 6.47. The average molecular weight is 331 g/mol. The highest BCUT2D eigenvalue weighted by Gasteiger charge is 2.33. The molecule has 102 valence electrons. The van der Waals surface area contributed by atoms with Gasteiger partial charge in [-0.05, 0) is 68.2 Å². The largest absolute Gasteiger partial charge is 0.326 e. The molecule has 2 nitrogen and oxygen atoms in total. The van der Waals surface area contributed by atoms with E-state index in [1.54, 1.807) is 11.3 Å². The molecule has 1 aromatic heterocycles. The summed E-state index contributed by atoms with van der Waals surface area (Å²) in [4.78, 5) is 3.95. The summed E-state index contributed by atoms with van der Waals surface area (Å²) in [5.41, 5.74) is 6.57. The van der Waals surface area contributed by atoms with E-state index in [2.05, 4.69) is 46.1 Å². The number of hydrogen-bond donors (Lipinski definition) is 1. The molecule has 2 rings (SSSR count). The van der Waals surface area contributed by atoms with Gasteiger partial charge >= 0.3 is 0 Å². The van der Waals surface area contributed by atoms with Gasteiger partial charge in [0.25, 0.3) is 0 Å². The second kappa shape index (κ2) is 6.04. The fourth-order valence-corrected chi connectivity index (χ4v) is 4.14. The zero-order valence-electron chi connectivity index (χ0n) is 11.3. The first-order valence-corrected chi connectivity index (χ1v) is 8.41. The van der Waals surface area contributed by atoms with Gasteiger partial charge in [-0.3, -0.25) is 4.90 Å². The molecular weight excluding hydrogens is 308 g/mol. The molecule has 4 heteroatoms. The van der Waals surface area contributed by atoms with Crippen LogP contribution >= 0.6 is 27.3 Å². The molecule has 0 aromatic carbocycles. The zero-order valence-corrected chi connectivity index (χ0v) is 13.7. The molecular formula is C14H23BrN2S. The predicted octanol–water partition coefficient (Wildman–Crippen LogP) is 3.64. The van der Waals surface area contributed by atoms with E-state index in [4.69, 9.17) is 5.73 Å². The SMILES string of the molecule is CC(C)(C(N)Cc1cc(Br)cs1)N1CCCCC1.